The summed E-state index contributed by atoms with van der Waals surface area (Å²) in [7, 11) is 1.77. The summed E-state index contributed by atoms with van der Waals surface area (Å²) in [5.74, 6) is -1.04. The van der Waals surface area contributed by atoms with Crippen LogP contribution in [0.1, 0.15) is 12.5 Å². The molecule has 0 radical (unpaired) electrons. The van der Waals surface area contributed by atoms with Gasteiger partial charge in [-0.1, -0.05) is 30.3 Å². The van der Waals surface area contributed by atoms with Crippen LogP contribution in [0.2, 0.25) is 0 Å². The maximum atomic E-state index is 10.6. The van der Waals surface area contributed by atoms with E-state index in [1.807, 2.05) is 30.3 Å². The molecule has 0 saturated heterocycles. The Morgan fingerprint density at radius 2 is 2.00 bits per heavy atom. The smallest absolute Gasteiger partial charge is 0.0583 e. The fourth-order valence-corrected chi connectivity index (χ4v) is 1.19. The quantitative estimate of drug-likeness (QED) is 0.687. The molecule has 0 aliphatic heterocycles. The van der Waals surface area contributed by atoms with Gasteiger partial charge in [-0.3, -0.25) is 4.90 Å². The molecule has 1 rings (SSSR count). The van der Waals surface area contributed by atoms with Gasteiger partial charge < -0.3 is 9.90 Å². The predicted molar refractivity (Wildman–Crippen MR) is 52.4 cm³/mol. The molecule has 0 amide bonds. The Hall–Kier alpha value is -1.35. The van der Waals surface area contributed by atoms with Crippen LogP contribution in [-0.2, 0) is 11.3 Å². The van der Waals surface area contributed by atoms with Gasteiger partial charge in [-0.05, 0) is 19.5 Å². The SMILES string of the molecule is CC(C(=O)[O-])N(C)Cc1ccccc1. The second-order valence-electron chi connectivity index (χ2n) is 3.40. The van der Waals surface area contributed by atoms with Crippen molar-refractivity contribution < 1.29 is 9.90 Å². The predicted octanol–water partition coefficient (Wildman–Crippen LogP) is 0.257. The number of carbonyl (C=O) groups excluding carboxylic acids is 1. The van der Waals surface area contributed by atoms with Gasteiger partial charge in [0.1, 0.15) is 0 Å². The molecule has 1 aromatic carbocycles. The molecular weight excluding hydrogens is 178 g/mol. The summed E-state index contributed by atoms with van der Waals surface area (Å²) in [6, 6.07) is 9.19. The molecule has 0 spiro atoms. The van der Waals surface area contributed by atoms with Crippen LogP contribution in [0.3, 0.4) is 0 Å². The van der Waals surface area contributed by atoms with Crippen LogP contribution in [0.15, 0.2) is 30.3 Å². The second kappa shape index (κ2) is 4.77. The second-order valence-corrected chi connectivity index (χ2v) is 3.40. The summed E-state index contributed by atoms with van der Waals surface area (Å²) < 4.78 is 0. The zero-order valence-electron chi connectivity index (χ0n) is 8.43. The number of nitrogens with zero attached hydrogens (tertiary/aromatic N) is 1. The van der Waals surface area contributed by atoms with E-state index in [0.717, 1.165) is 5.56 Å². The topological polar surface area (TPSA) is 43.4 Å². The van der Waals surface area contributed by atoms with Crippen LogP contribution in [0, 0.1) is 0 Å². The first kappa shape index (κ1) is 10.7. The van der Waals surface area contributed by atoms with Crippen LogP contribution < -0.4 is 5.11 Å². The van der Waals surface area contributed by atoms with E-state index in [1.54, 1.807) is 18.9 Å². The molecular formula is C11H14NO2-. The van der Waals surface area contributed by atoms with Gasteiger partial charge in [-0.2, -0.15) is 0 Å². The van der Waals surface area contributed by atoms with Gasteiger partial charge >= 0.3 is 0 Å². The largest absolute Gasteiger partial charge is 0.548 e. The Labute approximate surface area is 84.0 Å². The fourth-order valence-electron chi connectivity index (χ4n) is 1.19. The van der Waals surface area contributed by atoms with E-state index in [-0.39, 0.29) is 0 Å². The van der Waals surface area contributed by atoms with Crippen molar-refractivity contribution in [3.8, 4) is 0 Å². The lowest BCUT2D eigenvalue weighted by Crippen LogP contribution is -2.43. The van der Waals surface area contributed by atoms with Gasteiger partial charge in [0.2, 0.25) is 0 Å². The standard InChI is InChI=1S/C11H15NO2/c1-9(11(13)14)12(2)8-10-6-4-3-5-7-10/h3-7,9H,8H2,1-2H3,(H,13,14)/p-1. The van der Waals surface area contributed by atoms with E-state index in [9.17, 15) is 9.90 Å². The molecule has 76 valence electrons. The zero-order chi connectivity index (χ0) is 10.6. The fraction of sp³-hybridized carbons (Fsp3) is 0.364. The minimum absolute atomic E-state index is 0.560. The van der Waals surface area contributed by atoms with E-state index in [1.165, 1.54) is 0 Å². The maximum absolute atomic E-state index is 10.6. The number of aliphatic carboxylic acids is 1. The lowest BCUT2D eigenvalue weighted by Gasteiger charge is -2.25. The van der Waals surface area contributed by atoms with Crippen molar-refractivity contribution in [2.45, 2.75) is 19.5 Å². The van der Waals surface area contributed by atoms with Gasteiger partial charge in [0.15, 0.2) is 0 Å². The zero-order valence-corrected chi connectivity index (χ0v) is 8.43. The number of carboxylic acid groups (broad SMARTS) is 1. The highest BCUT2D eigenvalue weighted by molar-refractivity contribution is 5.70. The normalized spacial score (nSPS) is 12.8. The average Bonchev–Trinajstić information content (AvgIpc) is 2.18. The van der Waals surface area contributed by atoms with E-state index in [4.69, 9.17) is 0 Å². The van der Waals surface area contributed by atoms with Crippen molar-refractivity contribution in [2.24, 2.45) is 0 Å². The van der Waals surface area contributed by atoms with Crippen molar-refractivity contribution in [1.82, 2.24) is 4.90 Å². The van der Waals surface area contributed by atoms with Crippen LogP contribution >= 0.6 is 0 Å². The molecule has 0 aliphatic rings. The number of rotatable bonds is 4. The van der Waals surface area contributed by atoms with E-state index >= 15 is 0 Å². The highest BCUT2D eigenvalue weighted by Crippen LogP contribution is 2.05. The van der Waals surface area contributed by atoms with Crippen molar-refractivity contribution in [2.75, 3.05) is 7.05 Å². The lowest BCUT2D eigenvalue weighted by atomic mass is 10.2. The Bertz CT molecular complexity index is 297. The molecule has 3 nitrogen and oxygen atoms in total. The number of benzene rings is 1. The lowest BCUT2D eigenvalue weighted by molar-refractivity contribution is -0.310. The molecule has 14 heavy (non-hydrogen) atoms. The molecule has 0 bridgehead atoms. The Kier molecular flexibility index (Phi) is 3.65. The molecule has 0 heterocycles. The van der Waals surface area contributed by atoms with Gasteiger partial charge in [-0.25, -0.2) is 0 Å². The molecule has 0 aliphatic carbocycles. The van der Waals surface area contributed by atoms with Crippen molar-refractivity contribution in [3.63, 3.8) is 0 Å². The summed E-state index contributed by atoms with van der Waals surface area (Å²) in [6.07, 6.45) is 0. The average molecular weight is 192 g/mol. The number of likely N-dealkylation sites (N-methyl/N-ethyl adjacent to an activating group) is 1. The molecule has 1 aromatic rings. The summed E-state index contributed by atoms with van der Waals surface area (Å²) in [6.45, 7) is 2.24. The van der Waals surface area contributed by atoms with E-state index < -0.39 is 12.0 Å². The third-order valence-corrected chi connectivity index (χ3v) is 2.28. The summed E-state index contributed by atoms with van der Waals surface area (Å²) >= 11 is 0. The maximum Gasteiger partial charge on any atom is 0.0583 e. The minimum atomic E-state index is -1.04. The monoisotopic (exact) mass is 192 g/mol. The number of hydrogen-bond donors (Lipinski definition) is 0. The van der Waals surface area contributed by atoms with Crippen molar-refractivity contribution in [1.29, 1.82) is 0 Å². The summed E-state index contributed by atoms with van der Waals surface area (Å²) in [5, 5.41) is 10.6. The highest BCUT2D eigenvalue weighted by atomic mass is 16.4. The van der Waals surface area contributed by atoms with Crippen LogP contribution in [0.4, 0.5) is 0 Å². The van der Waals surface area contributed by atoms with E-state index in [2.05, 4.69) is 0 Å². The highest BCUT2D eigenvalue weighted by Gasteiger charge is 2.09. The summed E-state index contributed by atoms with van der Waals surface area (Å²) in [5.41, 5.74) is 1.10. The third-order valence-electron chi connectivity index (χ3n) is 2.28. The molecule has 0 saturated carbocycles. The van der Waals surface area contributed by atoms with Crippen molar-refractivity contribution in [3.05, 3.63) is 35.9 Å². The Balaban J connectivity index is 2.57. The van der Waals surface area contributed by atoms with Gasteiger partial charge in [-0.15, -0.1) is 0 Å². The molecule has 1 atom stereocenters. The van der Waals surface area contributed by atoms with Gasteiger partial charge in [0.05, 0.1) is 5.97 Å². The first-order valence-corrected chi connectivity index (χ1v) is 4.56. The van der Waals surface area contributed by atoms with Gasteiger partial charge in [0.25, 0.3) is 0 Å². The summed E-state index contributed by atoms with van der Waals surface area (Å²) in [4.78, 5) is 12.3. The van der Waals surface area contributed by atoms with Crippen molar-refractivity contribution >= 4 is 5.97 Å². The molecule has 0 fully saturated rings. The molecule has 0 N–H and O–H groups in total. The molecule has 3 heteroatoms. The molecule has 0 aromatic heterocycles. The Morgan fingerprint density at radius 3 is 2.50 bits per heavy atom. The van der Waals surface area contributed by atoms with Crippen LogP contribution in [-0.4, -0.2) is 24.0 Å². The van der Waals surface area contributed by atoms with Gasteiger partial charge in [0, 0.05) is 12.6 Å². The van der Waals surface area contributed by atoms with Crippen LogP contribution in [0.25, 0.3) is 0 Å². The Morgan fingerprint density at radius 1 is 1.43 bits per heavy atom. The van der Waals surface area contributed by atoms with E-state index in [0.29, 0.717) is 6.54 Å². The minimum Gasteiger partial charge on any atom is -0.548 e. The number of carboxylic acids is 1. The van der Waals surface area contributed by atoms with Crippen LogP contribution in [0.5, 0.6) is 0 Å². The number of hydrogen-bond acceptors (Lipinski definition) is 3. The third kappa shape index (κ3) is 2.85. The first-order chi connectivity index (χ1) is 6.61. The molecule has 1 unspecified atom stereocenters. The number of carbonyl (C=O) groups is 1. The first-order valence-electron chi connectivity index (χ1n) is 4.56.